The van der Waals surface area contributed by atoms with Crippen LogP contribution in [-0.2, 0) is 11.2 Å². The van der Waals surface area contributed by atoms with Crippen molar-refractivity contribution in [1.29, 1.82) is 0 Å². The van der Waals surface area contributed by atoms with E-state index in [9.17, 15) is 4.79 Å². The first kappa shape index (κ1) is 17.0. The lowest BCUT2D eigenvalue weighted by atomic mass is 9.98. The fraction of sp³-hybridized carbons (Fsp3) is 0.368. The van der Waals surface area contributed by atoms with Gasteiger partial charge in [0.2, 0.25) is 5.91 Å². The summed E-state index contributed by atoms with van der Waals surface area (Å²) in [5.74, 6) is 1.26. The second-order valence-electron chi connectivity index (χ2n) is 6.06. The number of ether oxygens (including phenoxy) is 1. The summed E-state index contributed by atoms with van der Waals surface area (Å²) in [5, 5.41) is 3.13. The Balaban J connectivity index is 2.05. The molecular formula is C19H24N2O2. The maximum Gasteiger partial charge on any atom is 0.224 e. The zero-order valence-corrected chi connectivity index (χ0v) is 14.0. The van der Waals surface area contributed by atoms with Gasteiger partial charge >= 0.3 is 0 Å². The minimum atomic E-state index is -0.0122. The van der Waals surface area contributed by atoms with Gasteiger partial charge in [-0.15, -0.1) is 0 Å². The molecule has 1 N–H and O–H groups in total. The molecule has 1 aromatic carbocycles. The third kappa shape index (κ3) is 5.40. The number of hydrogen-bond donors (Lipinski definition) is 1. The molecule has 2 aromatic rings. The smallest absolute Gasteiger partial charge is 0.224 e. The van der Waals surface area contributed by atoms with Gasteiger partial charge in [-0.05, 0) is 41.7 Å². The topological polar surface area (TPSA) is 51.2 Å². The number of carbonyl (C=O) groups is 1. The minimum Gasteiger partial charge on any atom is -0.497 e. The van der Waals surface area contributed by atoms with Crippen molar-refractivity contribution in [3.63, 3.8) is 0 Å². The van der Waals surface area contributed by atoms with Gasteiger partial charge in [-0.1, -0.05) is 32.0 Å². The Morgan fingerprint density at radius 2 is 2.09 bits per heavy atom. The van der Waals surface area contributed by atoms with Crippen molar-refractivity contribution in [1.82, 2.24) is 10.3 Å². The van der Waals surface area contributed by atoms with Gasteiger partial charge in [0.1, 0.15) is 5.75 Å². The third-order valence-electron chi connectivity index (χ3n) is 3.63. The molecule has 1 amide bonds. The van der Waals surface area contributed by atoms with E-state index in [2.05, 4.69) is 24.1 Å². The molecule has 0 aliphatic rings. The summed E-state index contributed by atoms with van der Waals surface area (Å²) in [6.07, 6.45) is 4.79. The predicted octanol–water partition coefficient (Wildman–Crippen LogP) is 3.54. The molecule has 1 unspecified atom stereocenters. The summed E-state index contributed by atoms with van der Waals surface area (Å²) in [7, 11) is 1.63. The quantitative estimate of drug-likeness (QED) is 0.851. The van der Waals surface area contributed by atoms with E-state index in [1.54, 1.807) is 13.3 Å². The van der Waals surface area contributed by atoms with E-state index in [0.717, 1.165) is 23.3 Å². The highest BCUT2D eigenvalue weighted by Gasteiger charge is 2.16. The van der Waals surface area contributed by atoms with Crippen LogP contribution in [0, 0.1) is 5.92 Å². The highest BCUT2D eigenvalue weighted by atomic mass is 16.5. The number of methoxy groups -OCH3 is 1. The Hall–Kier alpha value is -2.36. The first-order valence-electron chi connectivity index (χ1n) is 7.90. The summed E-state index contributed by atoms with van der Waals surface area (Å²) >= 11 is 0. The Labute approximate surface area is 137 Å². The van der Waals surface area contributed by atoms with Crippen molar-refractivity contribution >= 4 is 5.91 Å². The van der Waals surface area contributed by atoms with Crippen LogP contribution >= 0.6 is 0 Å². The normalized spacial score (nSPS) is 12.0. The van der Waals surface area contributed by atoms with E-state index >= 15 is 0 Å². The van der Waals surface area contributed by atoms with Crippen LogP contribution in [-0.4, -0.2) is 18.0 Å². The van der Waals surface area contributed by atoms with Crippen LogP contribution in [0.3, 0.4) is 0 Å². The molecule has 1 heterocycles. The number of hydrogen-bond acceptors (Lipinski definition) is 3. The van der Waals surface area contributed by atoms with E-state index in [1.807, 2.05) is 42.6 Å². The molecule has 0 bridgehead atoms. The van der Waals surface area contributed by atoms with Crippen LogP contribution in [0.4, 0.5) is 0 Å². The third-order valence-corrected chi connectivity index (χ3v) is 3.63. The second-order valence-corrected chi connectivity index (χ2v) is 6.06. The Morgan fingerprint density at radius 1 is 1.26 bits per heavy atom. The molecule has 0 aliphatic heterocycles. The minimum absolute atomic E-state index is 0.00718. The number of aromatic nitrogens is 1. The number of amides is 1. The Morgan fingerprint density at radius 3 is 2.74 bits per heavy atom. The molecule has 1 aromatic heterocycles. The van der Waals surface area contributed by atoms with Gasteiger partial charge in [-0.2, -0.15) is 0 Å². The van der Waals surface area contributed by atoms with E-state index in [-0.39, 0.29) is 11.9 Å². The van der Waals surface area contributed by atoms with E-state index < -0.39 is 0 Å². The molecular weight excluding hydrogens is 288 g/mol. The molecule has 23 heavy (non-hydrogen) atoms. The van der Waals surface area contributed by atoms with E-state index in [4.69, 9.17) is 4.74 Å². The van der Waals surface area contributed by atoms with Gasteiger partial charge in [0.25, 0.3) is 0 Å². The van der Waals surface area contributed by atoms with Crippen LogP contribution in [0.2, 0.25) is 0 Å². The molecule has 0 spiro atoms. The lowest BCUT2D eigenvalue weighted by molar-refractivity contribution is -0.121. The van der Waals surface area contributed by atoms with Crippen molar-refractivity contribution < 1.29 is 9.53 Å². The van der Waals surface area contributed by atoms with Crippen molar-refractivity contribution in [2.45, 2.75) is 32.7 Å². The first-order valence-corrected chi connectivity index (χ1v) is 7.90. The maximum atomic E-state index is 12.4. The lowest BCUT2D eigenvalue weighted by Crippen LogP contribution is -2.30. The standard InChI is InChI=1S/C19H24N2O2/c1-14(2)10-18(16-7-5-9-20-13-16)21-19(22)12-15-6-4-8-17(11-15)23-3/h4-9,11,13-14,18H,10,12H2,1-3H3,(H,21,22). The highest BCUT2D eigenvalue weighted by molar-refractivity contribution is 5.79. The van der Waals surface area contributed by atoms with Crippen LogP contribution < -0.4 is 10.1 Å². The molecule has 0 radical (unpaired) electrons. The molecule has 1 atom stereocenters. The Bertz CT molecular complexity index is 626. The summed E-state index contributed by atoms with van der Waals surface area (Å²) in [4.78, 5) is 16.6. The average molecular weight is 312 g/mol. The van der Waals surface area contributed by atoms with Crippen molar-refractivity contribution in [3.8, 4) is 5.75 Å². The molecule has 4 nitrogen and oxygen atoms in total. The summed E-state index contributed by atoms with van der Waals surface area (Å²) in [6, 6.07) is 11.5. The Kier molecular flexibility index (Phi) is 6.15. The number of rotatable bonds is 7. The van der Waals surface area contributed by atoms with Crippen LogP contribution in [0.15, 0.2) is 48.8 Å². The zero-order chi connectivity index (χ0) is 16.7. The number of nitrogens with zero attached hydrogens (tertiary/aromatic N) is 1. The van der Waals surface area contributed by atoms with Gasteiger partial charge < -0.3 is 10.1 Å². The van der Waals surface area contributed by atoms with Crippen LogP contribution in [0.5, 0.6) is 5.75 Å². The van der Waals surface area contributed by atoms with Gasteiger partial charge in [0, 0.05) is 12.4 Å². The fourth-order valence-electron chi connectivity index (χ4n) is 2.55. The van der Waals surface area contributed by atoms with Crippen molar-refractivity contribution in [2.75, 3.05) is 7.11 Å². The molecule has 2 rings (SSSR count). The lowest BCUT2D eigenvalue weighted by Gasteiger charge is -2.21. The number of carbonyl (C=O) groups excluding carboxylic acids is 1. The number of pyridine rings is 1. The SMILES string of the molecule is COc1cccc(CC(=O)NC(CC(C)C)c2cccnc2)c1. The molecule has 0 fully saturated rings. The predicted molar refractivity (Wildman–Crippen MR) is 91.3 cm³/mol. The van der Waals surface area contributed by atoms with Gasteiger partial charge in [0.05, 0.1) is 19.6 Å². The largest absolute Gasteiger partial charge is 0.497 e. The molecule has 4 heteroatoms. The fourth-order valence-corrected chi connectivity index (χ4v) is 2.55. The molecule has 0 saturated heterocycles. The van der Waals surface area contributed by atoms with Crippen molar-refractivity contribution in [2.24, 2.45) is 5.92 Å². The van der Waals surface area contributed by atoms with E-state index in [1.165, 1.54) is 0 Å². The molecule has 0 saturated carbocycles. The van der Waals surface area contributed by atoms with Gasteiger partial charge in [-0.25, -0.2) is 0 Å². The molecule has 0 aliphatic carbocycles. The second kappa shape index (κ2) is 8.32. The van der Waals surface area contributed by atoms with Gasteiger partial charge in [0.15, 0.2) is 0 Å². The number of benzene rings is 1. The van der Waals surface area contributed by atoms with Crippen LogP contribution in [0.1, 0.15) is 37.4 Å². The summed E-state index contributed by atoms with van der Waals surface area (Å²) in [5.41, 5.74) is 1.98. The molecule has 122 valence electrons. The first-order chi connectivity index (χ1) is 11.1. The van der Waals surface area contributed by atoms with Crippen molar-refractivity contribution in [3.05, 3.63) is 59.9 Å². The zero-order valence-electron chi connectivity index (χ0n) is 14.0. The number of nitrogens with one attached hydrogen (secondary N) is 1. The summed E-state index contributed by atoms with van der Waals surface area (Å²) in [6.45, 7) is 4.30. The van der Waals surface area contributed by atoms with E-state index in [0.29, 0.717) is 12.3 Å². The van der Waals surface area contributed by atoms with Gasteiger partial charge in [-0.3, -0.25) is 9.78 Å². The maximum absolute atomic E-state index is 12.4. The monoisotopic (exact) mass is 312 g/mol. The average Bonchev–Trinajstić information content (AvgIpc) is 2.54. The highest BCUT2D eigenvalue weighted by Crippen LogP contribution is 2.21. The summed E-state index contributed by atoms with van der Waals surface area (Å²) < 4.78 is 5.20. The van der Waals surface area contributed by atoms with Crippen LogP contribution in [0.25, 0.3) is 0 Å².